The van der Waals surface area contributed by atoms with Gasteiger partial charge in [0.1, 0.15) is 5.82 Å². The smallest absolute Gasteiger partial charge is 0.184 e. The molecule has 0 saturated carbocycles. The summed E-state index contributed by atoms with van der Waals surface area (Å²) in [6.45, 7) is 1.80. The number of rotatable bonds is 2. The molecule has 1 aromatic rings. The highest BCUT2D eigenvalue weighted by Crippen LogP contribution is 2.09. The van der Waals surface area contributed by atoms with Crippen molar-refractivity contribution in [2.45, 2.75) is 6.92 Å². The lowest BCUT2D eigenvalue weighted by molar-refractivity contribution is 0.624. The molecule has 0 spiro atoms. The number of benzene rings is 1. The Morgan fingerprint density at radius 1 is 1.64 bits per heavy atom. The summed E-state index contributed by atoms with van der Waals surface area (Å²) in [6, 6.07) is 4.81. The second kappa shape index (κ2) is 4.66. The molecule has 0 saturated heterocycles. The van der Waals surface area contributed by atoms with E-state index in [1.54, 1.807) is 19.1 Å². The van der Waals surface area contributed by atoms with E-state index < -0.39 is 0 Å². The molecule has 0 unspecified atom stereocenters. The van der Waals surface area contributed by atoms with Crippen LogP contribution in [0.5, 0.6) is 0 Å². The summed E-state index contributed by atoms with van der Waals surface area (Å²) < 4.78 is 13.2. The average Bonchev–Trinajstić information content (AvgIpc) is 2.09. The Balaban J connectivity index is 2.85. The third-order valence-corrected chi connectivity index (χ3v) is 1.73. The molecule has 0 aliphatic heterocycles. The Hall–Kier alpha value is -1.49. The molecule has 0 radical (unpaired) electrons. The van der Waals surface area contributed by atoms with Crippen LogP contribution in [-0.2, 0) is 0 Å². The van der Waals surface area contributed by atoms with Gasteiger partial charge in [-0.25, -0.2) is 4.39 Å². The summed E-state index contributed by atoms with van der Waals surface area (Å²) in [7, 11) is 0. The van der Waals surface area contributed by atoms with Gasteiger partial charge in [-0.15, -0.1) is 0 Å². The second-order valence-electron chi connectivity index (χ2n) is 2.70. The van der Waals surface area contributed by atoms with E-state index in [0.717, 1.165) is 5.56 Å². The van der Waals surface area contributed by atoms with E-state index in [-0.39, 0.29) is 10.9 Å². The third kappa shape index (κ3) is 2.77. The van der Waals surface area contributed by atoms with Crippen molar-refractivity contribution >= 4 is 23.5 Å². The Kier molecular flexibility index (Phi) is 3.53. The molecule has 3 N–H and O–H groups in total. The Morgan fingerprint density at radius 3 is 2.93 bits per heavy atom. The highest BCUT2D eigenvalue weighted by Gasteiger charge is 2.00. The zero-order chi connectivity index (χ0) is 10.6. The monoisotopic (exact) mass is 211 g/mol. The van der Waals surface area contributed by atoms with Gasteiger partial charge in [0.05, 0.1) is 6.21 Å². The molecule has 0 fully saturated rings. The van der Waals surface area contributed by atoms with Gasteiger partial charge in [-0.1, -0.05) is 12.1 Å². The minimum atomic E-state index is -0.321. The maximum absolute atomic E-state index is 13.2. The van der Waals surface area contributed by atoms with E-state index in [1.807, 2.05) is 0 Å². The second-order valence-corrected chi connectivity index (χ2v) is 3.14. The number of nitrogens with one attached hydrogen (secondary N) is 1. The van der Waals surface area contributed by atoms with Crippen molar-refractivity contribution in [1.82, 2.24) is 5.43 Å². The van der Waals surface area contributed by atoms with Crippen molar-refractivity contribution in [1.29, 1.82) is 0 Å². The van der Waals surface area contributed by atoms with E-state index in [9.17, 15) is 4.39 Å². The van der Waals surface area contributed by atoms with E-state index in [1.165, 1.54) is 12.3 Å². The average molecular weight is 211 g/mol. The standard InChI is InChI=1S/C9H10FN3S/c1-6-3-2-4-8(10)7(6)5-12-13-9(11)14/h2-5H,1H3,(H3,11,13,14). The molecule has 14 heavy (non-hydrogen) atoms. The van der Waals surface area contributed by atoms with Crippen molar-refractivity contribution in [3.63, 3.8) is 0 Å². The topological polar surface area (TPSA) is 50.4 Å². The van der Waals surface area contributed by atoms with E-state index in [0.29, 0.717) is 5.56 Å². The molecule has 0 atom stereocenters. The zero-order valence-electron chi connectivity index (χ0n) is 7.62. The van der Waals surface area contributed by atoms with Crippen molar-refractivity contribution in [2.75, 3.05) is 0 Å². The normalized spacial score (nSPS) is 10.4. The maximum Gasteiger partial charge on any atom is 0.184 e. The minimum Gasteiger partial charge on any atom is -0.375 e. The summed E-state index contributed by atoms with van der Waals surface area (Å²) >= 11 is 4.54. The van der Waals surface area contributed by atoms with Gasteiger partial charge in [0, 0.05) is 5.56 Å². The van der Waals surface area contributed by atoms with Crippen LogP contribution in [0.1, 0.15) is 11.1 Å². The van der Waals surface area contributed by atoms with Crippen molar-refractivity contribution in [2.24, 2.45) is 10.8 Å². The maximum atomic E-state index is 13.2. The van der Waals surface area contributed by atoms with Crippen molar-refractivity contribution in [3.8, 4) is 0 Å². The lowest BCUT2D eigenvalue weighted by atomic mass is 10.1. The Morgan fingerprint density at radius 2 is 2.36 bits per heavy atom. The quantitative estimate of drug-likeness (QED) is 0.440. The van der Waals surface area contributed by atoms with Crippen LogP contribution in [0.15, 0.2) is 23.3 Å². The summed E-state index contributed by atoms with van der Waals surface area (Å²) in [6.07, 6.45) is 1.35. The van der Waals surface area contributed by atoms with Crippen LogP contribution in [0.3, 0.4) is 0 Å². The fourth-order valence-electron chi connectivity index (χ4n) is 0.969. The molecule has 0 aliphatic rings. The number of thiocarbonyl (C=S) groups is 1. The highest BCUT2D eigenvalue weighted by molar-refractivity contribution is 7.80. The van der Waals surface area contributed by atoms with Crippen LogP contribution in [0.25, 0.3) is 0 Å². The molecule has 0 aliphatic carbocycles. The van der Waals surface area contributed by atoms with Gasteiger partial charge in [0.25, 0.3) is 0 Å². The predicted octanol–water partition coefficient (Wildman–Crippen LogP) is 1.30. The number of hydrazone groups is 1. The zero-order valence-corrected chi connectivity index (χ0v) is 8.44. The van der Waals surface area contributed by atoms with Crippen LogP contribution in [0.4, 0.5) is 4.39 Å². The fourth-order valence-corrected chi connectivity index (χ4v) is 1.02. The first-order valence-electron chi connectivity index (χ1n) is 3.95. The van der Waals surface area contributed by atoms with Gasteiger partial charge in [-0.05, 0) is 30.8 Å². The molecule has 1 aromatic carbocycles. The van der Waals surface area contributed by atoms with Crippen LogP contribution < -0.4 is 11.2 Å². The number of nitrogens with two attached hydrogens (primary N) is 1. The van der Waals surface area contributed by atoms with Crippen LogP contribution in [-0.4, -0.2) is 11.3 Å². The van der Waals surface area contributed by atoms with Gasteiger partial charge in [-0.2, -0.15) is 5.10 Å². The third-order valence-electron chi connectivity index (χ3n) is 1.64. The van der Waals surface area contributed by atoms with E-state index in [2.05, 4.69) is 22.7 Å². The first-order valence-corrected chi connectivity index (χ1v) is 4.35. The van der Waals surface area contributed by atoms with Gasteiger partial charge in [0.2, 0.25) is 0 Å². The Labute approximate surface area is 86.8 Å². The van der Waals surface area contributed by atoms with Gasteiger partial charge in [0.15, 0.2) is 5.11 Å². The van der Waals surface area contributed by atoms with Gasteiger partial charge in [-0.3, -0.25) is 5.43 Å². The summed E-state index contributed by atoms with van der Waals surface area (Å²) in [5.74, 6) is -0.321. The lowest BCUT2D eigenvalue weighted by Gasteiger charge is -2.00. The highest BCUT2D eigenvalue weighted by atomic mass is 32.1. The first kappa shape index (κ1) is 10.6. The summed E-state index contributed by atoms with van der Waals surface area (Å²) in [4.78, 5) is 0. The van der Waals surface area contributed by atoms with Gasteiger partial charge >= 0.3 is 0 Å². The van der Waals surface area contributed by atoms with Crippen LogP contribution >= 0.6 is 12.2 Å². The molecular formula is C9H10FN3S. The van der Waals surface area contributed by atoms with Crippen LogP contribution in [0, 0.1) is 12.7 Å². The number of halogens is 1. The van der Waals surface area contributed by atoms with Crippen molar-refractivity contribution < 1.29 is 4.39 Å². The molecule has 0 bridgehead atoms. The molecular weight excluding hydrogens is 201 g/mol. The lowest BCUT2D eigenvalue weighted by Crippen LogP contribution is -2.24. The molecule has 1 rings (SSSR count). The number of aryl methyl sites for hydroxylation is 1. The fraction of sp³-hybridized carbons (Fsp3) is 0.111. The molecule has 74 valence electrons. The SMILES string of the molecule is Cc1cccc(F)c1C=NNC(N)=S. The number of nitrogens with zero attached hydrogens (tertiary/aromatic N) is 1. The molecule has 0 aromatic heterocycles. The first-order chi connectivity index (χ1) is 6.61. The minimum absolute atomic E-state index is 0.0512. The van der Waals surface area contributed by atoms with Crippen molar-refractivity contribution in [3.05, 3.63) is 35.1 Å². The summed E-state index contributed by atoms with van der Waals surface area (Å²) in [5, 5.41) is 3.73. The van der Waals surface area contributed by atoms with E-state index >= 15 is 0 Å². The van der Waals surface area contributed by atoms with Gasteiger partial charge < -0.3 is 5.73 Å². The molecule has 3 nitrogen and oxygen atoms in total. The molecule has 5 heteroatoms. The largest absolute Gasteiger partial charge is 0.375 e. The Bertz CT molecular complexity index is 356. The summed E-state index contributed by atoms with van der Waals surface area (Å²) in [5.41, 5.74) is 8.74. The molecule has 0 amide bonds. The number of hydrogen-bond donors (Lipinski definition) is 2. The number of hydrogen-bond acceptors (Lipinski definition) is 2. The van der Waals surface area contributed by atoms with Crippen LogP contribution in [0.2, 0.25) is 0 Å². The van der Waals surface area contributed by atoms with E-state index in [4.69, 9.17) is 5.73 Å². The molecule has 0 heterocycles. The predicted molar refractivity (Wildman–Crippen MR) is 58.7 cm³/mol.